The Hall–Kier alpha value is -0.300. The lowest BCUT2D eigenvalue weighted by molar-refractivity contribution is 0.0334. The van der Waals surface area contributed by atoms with Crippen molar-refractivity contribution in [2.75, 3.05) is 0 Å². The van der Waals surface area contributed by atoms with Crippen LogP contribution in [0, 0.1) is 0 Å². The molecule has 0 amide bonds. The fourth-order valence-electron chi connectivity index (χ4n) is 1.19. The van der Waals surface area contributed by atoms with Crippen LogP contribution in [0.15, 0.2) is 21.5 Å². The first-order chi connectivity index (χ1) is 8.66. The van der Waals surface area contributed by atoms with Crippen LogP contribution in [0.1, 0.15) is 30.6 Å². The SMILES string of the molecule is CCC(C)OC(=O)c1cc(Cl)c(Br)c(S(=O)(=O)Cl)c1. The van der Waals surface area contributed by atoms with Gasteiger partial charge in [0.15, 0.2) is 0 Å². The van der Waals surface area contributed by atoms with Crippen LogP contribution in [0.4, 0.5) is 0 Å². The molecule has 4 nitrogen and oxygen atoms in total. The second-order valence-electron chi connectivity index (χ2n) is 3.83. The van der Waals surface area contributed by atoms with Gasteiger partial charge in [0.2, 0.25) is 0 Å². The van der Waals surface area contributed by atoms with E-state index in [1.165, 1.54) is 6.07 Å². The van der Waals surface area contributed by atoms with Crippen molar-refractivity contribution in [2.45, 2.75) is 31.3 Å². The lowest BCUT2D eigenvalue weighted by Crippen LogP contribution is -2.14. The van der Waals surface area contributed by atoms with Gasteiger partial charge in [0.05, 0.1) is 26.1 Å². The van der Waals surface area contributed by atoms with E-state index < -0.39 is 15.0 Å². The molecule has 0 aliphatic heterocycles. The third-order valence-corrected chi connectivity index (χ3v) is 5.37. The van der Waals surface area contributed by atoms with Gasteiger partial charge >= 0.3 is 5.97 Å². The van der Waals surface area contributed by atoms with Crippen LogP contribution in [0.2, 0.25) is 5.02 Å². The lowest BCUT2D eigenvalue weighted by Gasteiger charge is -2.12. The van der Waals surface area contributed by atoms with E-state index in [9.17, 15) is 13.2 Å². The Labute approximate surface area is 129 Å². The van der Waals surface area contributed by atoms with E-state index >= 15 is 0 Å². The summed E-state index contributed by atoms with van der Waals surface area (Å²) >= 11 is 8.88. The van der Waals surface area contributed by atoms with E-state index in [4.69, 9.17) is 27.0 Å². The third kappa shape index (κ3) is 4.34. The Balaban J connectivity index is 3.25. The quantitative estimate of drug-likeness (QED) is 0.577. The Morgan fingerprint density at radius 1 is 1.47 bits per heavy atom. The van der Waals surface area contributed by atoms with Crippen molar-refractivity contribution in [2.24, 2.45) is 0 Å². The molecule has 0 aliphatic carbocycles. The molecule has 0 aliphatic rings. The molecular weight excluding hydrogens is 379 g/mol. The molecule has 1 unspecified atom stereocenters. The number of hydrogen-bond donors (Lipinski definition) is 0. The van der Waals surface area contributed by atoms with Crippen molar-refractivity contribution in [3.8, 4) is 0 Å². The molecule has 1 aromatic carbocycles. The molecule has 0 N–H and O–H groups in total. The summed E-state index contributed by atoms with van der Waals surface area (Å²) in [5.41, 5.74) is 0.0349. The van der Waals surface area contributed by atoms with Crippen LogP contribution >= 0.6 is 38.2 Å². The molecule has 8 heteroatoms. The van der Waals surface area contributed by atoms with Crippen LogP contribution in [-0.4, -0.2) is 20.5 Å². The molecule has 0 spiro atoms. The summed E-state index contributed by atoms with van der Waals surface area (Å²) in [6.07, 6.45) is 0.377. The topological polar surface area (TPSA) is 60.4 Å². The maximum absolute atomic E-state index is 11.8. The van der Waals surface area contributed by atoms with Gasteiger partial charge in [0.25, 0.3) is 9.05 Å². The Morgan fingerprint density at radius 3 is 2.53 bits per heavy atom. The molecule has 0 bridgehead atoms. The average Bonchev–Trinajstić information content (AvgIpc) is 2.30. The van der Waals surface area contributed by atoms with Gasteiger partial charge in [-0.3, -0.25) is 0 Å². The number of hydrogen-bond acceptors (Lipinski definition) is 4. The maximum atomic E-state index is 11.8. The van der Waals surface area contributed by atoms with E-state index in [0.29, 0.717) is 6.42 Å². The number of rotatable bonds is 4. The molecular formula is C11H11BrCl2O4S. The van der Waals surface area contributed by atoms with Crippen LogP contribution in [-0.2, 0) is 13.8 Å². The zero-order valence-corrected chi connectivity index (χ0v) is 14.0. The molecule has 0 saturated heterocycles. The Morgan fingerprint density at radius 2 is 2.05 bits per heavy atom. The summed E-state index contributed by atoms with van der Waals surface area (Å²) in [6.45, 7) is 3.60. The molecule has 0 heterocycles. The first kappa shape index (κ1) is 16.8. The summed E-state index contributed by atoms with van der Waals surface area (Å²) in [4.78, 5) is 11.6. The maximum Gasteiger partial charge on any atom is 0.338 e. The van der Waals surface area contributed by atoms with Crippen LogP contribution in [0.5, 0.6) is 0 Å². The van der Waals surface area contributed by atoms with Gasteiger partial charge in [-0.15, -0.1) is 0 Å². The van der Waals surface area contributed by atoms with Gasteiger partial charge in [-0.2, -0.15) is 0 Å². The predicted molar refractivity (Wildman–Crippen MR) is 77.4 cm³/mol. The molecule has 1 rings (SSSR count). The highest BCUT2D eigenvalue weighted by Gasteiger charge is 2.21. The number of carbonyl (C=O) groups is 1. The van der Waals surface area contributed by atoms with Gasteiger partial charge in [-0.05, 0) is 41.4 Å². The molecule has 1 aromatic rings. The second-order valence-corrected chi connectivity index (χ2v) is 7.57. The van der Waals surface area contributed by atoms with Gasteiger partial charge < -0.3 is 4.74 Å². The number of ether oxygens (including phenoxy) is 1. The Kier molecular flexibility index (Phi) is 5.67. The molecule has 0 radical (unpaired) electrons. The number of benzene rings is 1. The van der Waals surface area contributed by atoms with Gasteiger partial charge in [0, 0.05) is 10.7 Å². The summed E-state index contributed by atoms with van der Waals surface area (Å²) in [5.74, 6) is -0.648. The third-order valence-electron chi connectivity index (χ3n) is 2.38. The zero-order valence-electron chi connectivity index (χ0n) is 10.1. The van der Waals surface area contributed by atoms with Crippen LogP contribution in [0.3, 0.4) is 0 Å². The first-order valence-electron chi connectivity index (χ1n) is 5.31. The summed E-state index contributed by atoms with van der Waals surface area (Å²) in [5, 5.41) is 0.0674. The largest absolute Gasteiger partial charge is 0.459 e. The monoisotopic (exact) mass is 388 g/mol. The molecule has 0 saturated carbocycles. The molecule has 0 aromatic heterocycles. The fraction of sp³-hybridized carbons (Fsp3) is 0.364. The highest BCUT2D eigenvalue weighted by molar-refractivity contribution is 9.10. The van der Waals surface area contributed by atoms with Crippen molar-refractivity contribution in [3.63, 3.8) is 0 Å². The predicted octanol–water partition coefficient (Wildman–Crippen LogP) is 3.99. The van der Waals surface area contributed by atoms with Crippen molar-refractivity contribution in [1.29, 1.82) is 0 Å². The van der Waals surface area contributed by atoms with Gasteiger partial charge in [-0.1, -0.05) is 18.5 Å². The van der Waals surface area contributed by atoms with Crippen molar-refractivity contribution >= 4 is 53.2 Å². The number of halogens is 3. The minimum Gasteiger partial charge on any atom is -0.459 e. The fourth-order valence-corrected chi connectivity index (χ4v) is 3.57. The van der Waals surface area contributed by atoms with Crippen molar-refractivity contribution in [1.82, 2.24) is 0 Å². The highest BCUT2D eigenvalue weighted by Crippen LogP contribution is 2.33. The molecule has 0 fully saturated rings. The zero-order chi connectivity index (χ0) is 14.8. The van der Waals surface area contributed by atoms with E-state index in [0.717, 1.165) is 6.07 Å². The van der Waals surface area contributed by atoms with E-state index in [1.807, 2.05) is 6.92 Å². The summed E-state index contributed by atoms with van der Waals surface area (Å²) in [7, 11) is 1.26. The second kappa shape index (κ2) is 6.43. The van der Waals surface area contributed by atoms with E-state index in [2.05, 4.69) is 15.9 Å². The van der Waals surface area contributed by atoms with Crippen molar-refractivity contribution < 1.29 is 17.9 Å². The standard InChI is InChI=1S/C11H11BrCl2O4S/c1-3-6(2)18-11(15)7-4-8(13)10(12)9(5-7)19(14,16)17/h4-6H,3H2,1-2H3. The minimum atomic E-state index is -4.01. The van der Waals surface area contributed by atoms with Gasteiger partial charge in [-0.25, -0.2) is 13.2 Å². The summed E-state index contributed by atoms with van der Waals surface area (Å²) < 4.78 is 28.0. The molecule has 19 heavy (non-hydrogen) atoms. The lowest BCUT2D eigenvalue weighted by atomic mass is 10.2. The average molecular weight is 390 g/mol. The van der Waals surface area contributed by atoms with Crippen molar-refractivity contribution in [3.05, 3.63) is 27.2 Å². The normalized spacial score (nSPS) is 13.1. The number of carbonyl (C=O) groups excluding carboxylic acids is 1. The number of esters is 1. The summed E-state index contributed by atoms with van der Waals surface area (Å²) in [6, 6.07) is 2.45. The molecule has 1 atom stereocenters. The molecule has 106 valence electrons. The first-order valence-corrected chi connectivity index (χ1v) is 8.79. The van der Waals surface area contributed by atoms with E-state index in [-0.39, 0.29) is 26.1 Å². The van der Waals surface area contributed by atoms with Gasteiger partial charge in [0.1, 0.15) is 0 Å². The van der Waals surface area contributed by atoms with Crippen LogP contribution in [0.25, 0.3) is 0 Å². The van der Waals surface area contributed by atoms with Crippen LogP contribution < -0.4 is 0 Å². The minimum absolute atomic E-state index is 0.0349. The Bertz CT molecular complexity index is 601. The van der Waals surface area contributed by atoms with E-state index in [1.54, 1.807) is 6.92 Å². The smallest absolute Gasteiger partial charge is 0.338 e. The highest BCUT2D eigenvalue weighted by atomic mass is 79.9.